The Morgan fingerprint density at radius 1 is 1.00 bits per heavy atom. The molecule has 1 saturated heterocycles. The van der Waals surface area contributed by atoms with Crippen LogP contribution in [0.1, 0.15) is 79.6 Å². The molecule has 4 aliphatic carbocycles. The van der Waals surface area contributed by atoms with Gasteiger partial charge in [-0.3, -0.25) is 4.79 Å². The number of carbonyl (C=O) groups excluding carboxylic acids is 2. The fourth-order valence-corrected chi connectivity index (χ4v) is 10.3. The van der Waals surface area contributed by atoms with E-state index in [1.807, 2.05) is 13.0 Å². The predicted molar refractivity (Wildman–Crippen MR) is 162 cm³/mol. The molecule has 0 aromatic rings. The number of hydrogen-bond acceptors (Lipinski definition) is 13. The molecular weight excluding hydrogens is 616 g/mol. The zero-order valence-corrected chi connectivity index (χ0v) is 27.6. The normalized spacial score (nSPS) is 51.4. The second-order valence-corrected chi connectivity index (χ2v) is 15.6. The van der Waals surface area contributed by atoms with Crippen LogP contribution in [0, 0.1) is 22.7 Å². The van der Waals surface area contributed by atoms with Crippen LogP contribution in [0.3, 0.4) is 0 Å². The number of cyclic esters (lactones) is 1. The van der Waals surface area contributed by atoms with Crippen molar-refractivity contribution in [1.82, 2.24) is 0 Å². The van der Waals surface area contributed by atoms with Crippen LogP contribution in [-0.4, -0.2) is 125 Å². The molecule has 13 heteroatoms. The van der Waals surface area contributed by atoms with E-state index in [9.17, 15) is 50.4 Å². The number of ether oxygens (including phenoxy) is 3. The second-order valence-electron chi connectivity index (χ2n) is 15.6. The Hall–Kier alpha value is -1.78. The van der Waals surface area contributed by atoms with E-state index >= 15 is 0 Å². The van der Waals surface area contributed by atoms with E-state index in [4.69, 9.17) is 14.2 Å². The first-order chi connectivity index (χ1) is 21.8. The van der Waals surface area contributed by atoms with Gasteiger partial charge in [0.1, 0.15) is 47.5 Å². The molecule has 2 aliphatic heterocycles. The highest BCUT2D eigenvalue weighted by Crippen LogP contribution is 2.70. The van der Waals surface area contributed by atoms with E-state index in [2.05, 4.69) is 0 Å². The molecule has 8 N–H and O–H groups in total. The number of fused-ring (bicyclic) bond motifs is 5. The number of rotatable bonds is 5. The standard InChI is InChI=1S/C34H50O13/c1-15-10-24(47-28(41)16(15)2)32(5,42)34(44)23(37)13-33(43)20-7-6-17-11-18(45-29-27(40)26(39)25(38)21(14-35)46-29)12-22(36)31(17,4)19(20)8-9-30(33,34)3/h6,18-21,23-27,29,35,37-40,42-44H,7-14H2,1-5H3/t18-,19-,20+,21-,23-,24-,25-,26+,27-,29-,30+,31+,32+,33+,34+/m1/s1. The Morgan fingerprint density at radius 3 is 2.32 bits per heavy atom. The first kappa shape index (κ1) is 35.1. The van der Waals surface area contributed by atoms with Crippen molar-refractivity contribution in [2.45, 2.75) is 145 Å². The van der Waals surface area contributed by atoms with Gasteiger partial charge in [0.2, 0.25) is 0 Å². The molecule has 6 aliphatic rings. The van der Waals surface area contributed by atoms with Gasteiger partial charge in [-0.2, -0.15) is 0 Å². The van der Waals surface area contributed by atoms with Crippen molar-refractivity contribution in [2.75, 3.05) is 6.61 Å². The van der Waals surface area contributed by atoms with Gasteiger partial charge in [-0.15, -0.1) is 0 Å². The third-order valence-electron chi connectivity index (χ3n) is 13.6. The zero-order valence-electron chi connectivity index (χ0n) is 27.6. The number of hydrogen-bond donors (Lipinski definition) is 8. The lowest BCUT2D eigenvalue weighted by atomic mass is 9.44. The lowest BCUT2D eigenvalue weighted by Gasteiger charge is -2.63. The molecule has 0 aromatic carbocycles. The zero-order chi connectivity index (χ0) is 34.6. The van der Waals surface area contributed by atoms with Gasteiger partial charge in [0.25, 0.3) is 0 Å². The third-order valence-corrected chi connectivity index (χ3v) is 13.6. The van der Waals surface area contributed by atoms with Gasteiger partial charge in [0.15, 0.2) is 6.29 Å². The van der Waals surface area contributed by atoms with Crippen LogP contribution in [0.4, 0.5) is 0 Å². The summed E-state index contributed by atoms with van der Waals surface area (Å²) in [7, 11) is 0. The Bertz CT molecular complexity index is 1370. The van der Waals surface area contributed by atoms with Crippen molar-refractivity contribution in [3.05, 3.63) is 22.8 Å². The fourth-order valence-electron chi connectivity index (χ4n) is 10.3. The first-order valence-corrected chi connectivity index (χ1v) is 16.7. The molecule has 0 aromatic heterocycles. The number of carbonyl (C=O) groups is 2. The van der Waals surface area contributed by atoms with Crippen LogP contribution in [0.5, 0.6) is 0 Å². The molecule has 0 unspecified atom stereocenters. The topological polar surface area (TPSA) is 224 Å². The average molecular weight is 667 g/mol. The lowest BCUT2D eigenvalue weighted by Crippen LogP contribution is -2.74. The number of ketones is 1. The largest absolute Gasteiger partial charge is 0.455 e. The molecular formula is C34H50O13. The van der Waals surface area contributed by atoms with Gasteiger partial charge in [-0.1, -0.05) is 24.1 Å². The SMILES string of the molecule is CC1=C(C)C(=O)O[C@@H]([C@](C)(O)[C@]2(O)[C@H](O)C[C@]3(O)[C@H]4CC=C5C[C@@H](O[C@@H]6O[C@H](CO)[C@@H](O)[C@H](O)[C@H]6O)CC(=O)[C@]5(C)[C@@H]4CC[C@]23C)C1. The number of Topliss-reactive ketones (excluding diaryl/α,β-unsaturated/α-hetero) is 1. The molecule has 264 valence electrons. The first-order valence-electron chi connectivity index (χ1n) is 16.7. The van der Waals surface area contributed by atoms with Gasteiger partial charge >= 0.3 is 5.97 Å². The molecule has 4 fully saturated rings. The molecule has 0 bridgehead atoms. The molecule has 13 nitrogen and oxygen atoms in total. The van der Waals surface area contributed by atoms with Crippen LogP contribution >= 0.6 is 0 Å². The summed E-state index contributed by atoms with van der Waals surface area (Å²) in [6.45, 7) is 7.65. The molecule has 2 heterocycles. The van der Waals surface area contributed by atoms with E-state index in [0.717, 1.165) is 5.57 Å². The van der Waals surface area contributed by atoms with Crippen molar-refractivity contribution in [1.29, 1.82) is 0 Å². The summed E-state index contributed by atoms with van der Waals surface area (Å²) >= 11 is 0. The van der Waals surface area contributed by atoms with E-state index in [1.165, 1.54) is 6.92 Å². The van der Waals surface area contributed by atoms with E-state index < -0.39 is 95.1 Å². The third kappa shape index (κ3) is 4.58. The van der Waals surface area contributed by atoms with E-state index in [1.54, 1.807) is 20.8 Å². The van der Waals surface area contributed by atoms with Crippen LogP contribution in [-0.2, 0) is 23.8 Å². The number of esters is 1. The molecule has 0 amide bonds. The quantitative estimate of drug-likeness (QED) is 0.138. The fraction of sp³-hybridized carbons (Fsp3) is 0.824. The smallest absolute Gasteiger partial charge is 0.334 e. The van der Waals surface area contributed by atoms with E-state index in [0.29, 0.717) is 30.4 Å². The van der Waals surface area contributed by atoms with Crippen molar-refractivity contribution in [3.63, 3.8) is 0 Å². The summed E-state index contributed by atoms with van der Waals surface area (Å²) < 4.78 is 17.1. The molecule has 6 rings (SSSR count). The Labute approximate surface area is 273 Å². The average Bonchev–Trinajstić information content (AvgIpc) is 3.18. The highest BCUT2D eigenvalue weighted by atomic mass is 16.7. The molecule has 15 atom stereocenters. The highest BCUT2D eigenvalue weighted by Gasteiger charge is 2.79. The van der Waals surface area contributed by atoms with Crippen LogP contribution in [0.25, 0.3) is 0 Å². The summed E-state index contributed by atoms with van der Waals surface area (Å²) in [5.74, 6) is -1.68. The number of aliphatic hydroxyl groups excluding tert-OH is 5. The monoisotopic (exact) mass is 666 g/mol. The molecule has 0 radical (unpaired) electrons. The minimum Gasteiger partial charge on any atom is -0.455 e. The summed E-state index contributed by atoms with van der Waals surface area (Å²) in [6.07, 6.45) is -7.76. The van der Waals surface area contributed by atoms with Crippen molar-refractivity contribution < 1.29 is 64.7 Å². The van der Waals surface area contributed by atoms with Crippen molar-refractivity contribution in [2.24, 2.45) is 22.7 Å². The van der Waals surface area contributed by atoms with Crippen LogP contribution in [0.2, 0.25) is 0 Å². The molecule has 3 saturated carbocycles. The minimum atomic E-state index is -2.26. The maximum atomic E-state index is 14.1. The number of aliphatic hydroxyl groups is 8. The van der Waals surface area contributed by atoms with Crippen molar-refractivity contribution >= 4 is 11.8 Å². The Balaban J connectivity index is 1.27. The van der Waals surface area contributed by atoms with Gasteiger partial charge in [-0.25, -0.2) is 4.79 Å². The van der Waals surface area contributed by atoms with Gasteiger partial charge in [0, 0.05) is 30.3 Å². The second kappa shape index (κ2) is 11.4. The summed E-state index contributed by atoms with van der Waals surface area (Å²) in [4.78, 5) is 26.7. The summed E-state index contributed by atoms with van der Waals surface area (Å²) in [5, 5.41) is 89.1. The Kier molecular flexibility index (Phi) is 8.48. The molecule has 0 spiro atoms. The molecule has 47 heavy (non-hydrogen) atoms. The van der Waals surface area contributed by atoms with Crippen LogP contribution in [0.15, 0.2) is 22.8 Å². The summed E-state index contributed by atoms with van der Waals surface area (Å²) in [6, 6.07) is 0. The van der Waals surface area contributed by atoms with Crippen molar-refractivity contribution in [3.8, 4) is 0 Å². The maximum Gasteiger partial charge on any atom is 0.334 e. The van der Waals surface area contributed by atoms with E-state index in [-0.39, 0.29) is 37.4 Å². The van der Waals surface area contributed by atoms with Gasteiger partial charge < -0.3 is 55.1 Å². The highest BCUT2D eigenvalue weighted by molar-refractivity contribution is 5.90. The number of allylic oxidation sites excluding steroid dienone is 1. The maximum absolute atomic E-state index is 14.1. The van der Waals surface area contributed by atoms with Crippen LogP contribution < -0.4 is 0 Å². The summed E-state index contributed by atoms with van der Waals surface area (Å²) in [5.41, 5.74) is -6.60. The minimum absolute atomic E-state index is 0.0532. The van der Waals surface area contributed by atoms with Gasteiger partial charge in [0.05, 0.1) is 29.8 Å². The lowest BCUT2D eigenvalue weighted by molar-refractivity contribution is -0.312. The predicted octanol–water partition coefficient (Wildman–Crippen LogP) is -0.467. The van der Waals surface area contributed by atoms with Gasteiger partial charge in [-0.05, 0) is 65.2 Å². The Morgan fingerprint density at radius 2 is 1.68 bits per heavy atom.